The number of nitrogens with one attached hydrogen (secondary N) is 1. The maximum absolute atomic E-state index is 4.43. The van der Waals surface area contributed by atoms with E-state index >= 15 is 0 Å². The first-order valence-corrected chi connectivity index (χ1v) is 6.00. The van der Waals surface area contributed by atoms with E-state index in [1.165, 1.54) is 31.4 Å². The molecule has 2 rings (SSSR count). The first kappa shape index (κ1) is 10.1. The number of hydrogen-bond acceptors (Lipinski definition) is 2. The molecule has 1 unspecified atom stereocenters. The van der Waals surface area contributed by atoms with Gasteiger partial charge in [0.2, 0.25) is 0 Å². The van der Waals surface area contributed by atoms with E-state index in [2.05, 4.69) is 38.4 Å². The Hall–Kier alpha value is -0.410. The number of rotatable bonds is 1. The van der Waals surface area contributed by atoms with Crippen LogP contribution in [0.15, 0.2) is 22.8 Å². The van der Waals surface area contributed by atoms with Gasteiger partial charge in [0.15, 0.2) is 0 Å². The van der Waals surface area contributed by atoms with Crippen molar-refractivity contribution in [2.75, 3.05) is 6.54 Å². The van der Waals surface area contributed by atoms with E-state index in [-0.39, 0.29) is 0 Å². The Bertz CT molecular complexity index is 276. The number of nitrogens with zero attached hydrogens (tertiary/aromatic N) is 1. The molecule has 1 aliphatic heterocycles. The molecule has 76 valence electrons. The van der Waals surface area contributed by atoms with Gasteiger partial charge in [0.1, 0.15) is 0 Å². The molecule has 1 fully saturated rings. The van der Waals surface area contributed by atoms with Crippen molar-refractivity contribution in [3.05, 3.63) is 28.5 Å². The fraction of sp³-hybridized carbons (Fsp3) is 0.545. The molecular formula is C11H15BrN2. The van der Waals surface area contributed by atoms with Gasteiger partial charge in [-0.15, -0.1) is 0 Å². The first-order valence-electron chi connectivity index (χ1n) is 5.21. The lowest BCUT2D eigenvalue weighted by atomic mass is 10.1. The average Bonchev–Trinajstić information content (AvgIpc) is 2.47. The number of hydrogen-bond donors (Lipinski definition) is 1. The molecule has 0 aliphatic carbocycles. The average molecular weight is 255 g/mol. The molecule has 1 aromatic rings. The second-order valence-electron chi connectivity index (χ2n) is 3.76. The van der Waals surface area contributed by atoms with Crippen LogP contribution in [0.2, 0.25) is 0 Å². The highest BCUT2D eigenvalue weighted by Crippen LogP contribution is 2.21. The van der Waals surface area contributed by atoms with Crippen LogP contribution in [0.5, 0.6) is 0 Å². The van der Waals surface area contributed by atoms with Crippen molar-refractivity contribution in [2.24, 2.45) is 0 Å². The Morgan fingerprint density at radius 1 is 1.29 bits per heavy atom. The predicted molar refractivity (Wildman–Crippen MR) is 61.1 cm³/mol. The normalized spacial score (nSPS) is 23.1. The largest absolute Gasteiger partial charge is 0.309 e. The van der Waals surface area contributed by atoms with Gasteiger partial charge in [0.05, 0.1) is 5.69 Å². The van der Waals surface area contributed by atoms with Crippen molar-refractivity contribution >= 4 is 15.9 Å². The number of aromatic nitrogens is 1. The molecule has 3 heteroatoms. The van der Waals surface area contributed by atoms with Gasteiger partial charge in [0, 0.05) is 16.7 Å². The highest BCUT2D eigenvalue weighted by molar-refractivity contribution is 9.10. The smallest absolute Gasteiger partial charge is 0.0574 e. The molecule has 1 aromatic heterocycles. The van der Waals surface area contributed by atoms with E-state index in [1.807, 2.05) is 6.20 Å². The van der Waals surface area contributed by atoms with Crippen LogP contribution in [0.4, 0.5) is 0 Å². The Morgan fingerprint density at radius 2 is 2.21 bits per heavy atom. The summed E-state index contributed by atoms with van der Waals surface area (Å²) in [6.45, 7) is 1.13. The van der Waals surface area contributed by atoms with Crippen molar-refractivity contribution in [2.45, 2.75) is 31.7 Å². The number of halogens is 1. The van der Waals surface area contributed by atoms with Gasteiger partial charge in [-0.25, -0.2) is 0 Å². The molecule has 0 aromatic carbocycles. The van der Waals surface area contributed by atoms with Crippen molar-refractivity contribution in [1.82, 2.24) is 10.3 Å². The minimum Gasteiger partial charge on any atom is -0.309 e. The highest BCUT2D eigenvalue weighted by Gasteiger charge is 2.13. The zero-order valence-electron chi connectivity index (χ0n) is 8.17. The summed E-state index contributed by atoms with van der Waals surface area (Å²) in [6, 6.07) is 4.63. The SMILES string of the molecule is Brc1ccc(C2CCCCCN2)nc1. The van der Waals surface area contributed by atoms with Crippen molar-refractivity contribution in [3.8, 4) is 0 Å². The van der Waals surface area contributed by atoms with E-state index in [9.17, 15) is 0 Å². The van der Waals surface area contributed by atoms with Gasteiger partial charge in [-0.3, -0.25) is 4.98 Å². The van der Waals surface area contributed by atoms with E-state index in [1.54, 1.807) is 0 Å². The van der Waals surface area contributed by atoms with Crippen LogP contribution in [0, 0.1) is 0 Å². The lowest BCUT2D eigenvalue weighted by Gasteiger charge is -2.14. The zero-order valence-corrected chi connectivity index (χ0v) is 9.76. The van der Waals surface area contributed by atoms with Crippen LogP contribution in [-0.2, 0) is 0 Å². The Kier molecular flexibility index (Phi) is 3.54. The molecular weight excluding hydrogens is 240 g/mol. The summed E-state index contributed by atoms with van der Waals surface area (Å²) < 4.78 is 1.05. The van der Waals surface area contributed by atoms with E-state index in [0.717, 1.165) is 11.0 Å². The maximum Gasteiger partial charge on any atom is 0.0574 e. The first-order chi connectivity index (χ1) is 6.86. The zero-order chi connectivity index (χ0) is 9.80. The minimum absolute atomic E-state index is 0.464. The Morgan fingerprint density at radius 3 is 3.00 bits per heavy atom. The molecule has 14 heavy (non-hydrogen) atoms. The summed E-state index contributed by atoms with van der Waals surface area (Å²) in [5.41, 5.74) is 1.18. The highest BCUT2D eigenvalue weighted by atomic mass is 79.9. The van der Waals surface area contributed by atoms with Crippen LogP contribution in [0.1, 0.15) is 37.4 Å². The van der Waals surface area contributed by atoms with Crippen LogP contribution >= 0.6 is 15.9 Å². The fourth-order valence-electron chi connectivity index (χ4n) is 1.87. The summed E-state index contributed by atoms with van der Waals surface area (Å²) in [5.74, 6) is 0. The number of pyridine rings is 1. The quantitative estimate of drug-likeness (QED) is 0.834. The second-order valence-corrected chi connectivity index (χ2v) is 4.67. The standard InChI is InChI=1S/C11H15BrN2/c12-9-5-6-11(14-8-9)10-4-2-1-3-7-13-10/h5-6,8,10,13H,1-4,7H2. The second kappa shape index (κ2) is 4.89. The molecule has 0 saturated carbocycles. The predicted octanol–water partition coefficient (Wildman–Crippen LogP) is 3.05. The van der Waals surface area contributed by atoms with Gasteiger partial charge >= 0.3 is 0 Å². The van der Waals surface area contributed by atoms with Gasteiger partial charge in [-0.05, 0) is 47.4 Å². The lowest BCUT2D eigenvalue weighted by molar-refractivity contribution is 0.522. The van der Waals surface area contributed by atoms with Crippen LogP contribution in [0.3, 0.4) is 0 Å². The molecule has 0 amide bonds. The van der Waals surface area contributed by atoms with Crippen molar-refractivity contribution < 1.29 is 0 Å². The Labute approximate surface area is 93.3 Å². The topological polar surface area (TPSA) is 24.9 Å². The van der Waals surface area contributed by atoms with Crippen LogP contribution < -0.4 is 5.32 Å². The van der Waals surface area contributed by atoms with E-state index in [0.29, 0.717) is 6.04 Å². The molecule has 1 atom stereocenters. The van der Waals surface area contributed by atoms with Gasteiger partial charge in [0.25, 0.3) is 0 Å². The van der Waals surface area contributed by atoms with Crippen LogP contribution in [-0.4, -0.2) is 11.5 Å². The lowest BCUT2D eigenvalue weighted by Crippen LogP contribution is -2.21. The Balaban J connectivity index is 2.08. The summed E-state index contributed by atoms with van der Waals surface area (Å²) in [6.07, 6.45) is 7.05. The summed E-state index contributed by atoms with van der Waals surface area (Å²) in [7, 11) is 0. The summed E-state index contributed by atoms with van der Waals surface area (Å²) in [4.78, 5) is 4.43. The maximum atomic E-state index is 4.43. The molecule has 2 nitrogen and oxygen atoms in total. The molecule has 0 bridgehead atoms. The van der Waals surface area contributed by atoms with E-state index < -0.39 is 0 Å². The monoisotopic (exact) mass is 254 g/mol. The molecule has 0 radical (unpaired) electrons. The van der Waals surface area contributed by atoms with E-state index in [4.69, 9.17) is 0 Å². The molecule has 1 aliphatic rings. The minimum atomic E-state index is 0.464. The molecule has 1 saturated heterocycles. The van der Waals surface area contributed by atoms with Gasteiger partial charge in [-0.1, -0.05) is 12.8 Å². The van der Waals surface area contributed by atoms with Crippen molar-refractivity contribution in [1.29, 1.82) is 0 Å². The molecule has 2 heterocycles. The summed E-state index contributed by atoms with van der Waals surface area (Å²) >= 11 is 3.40. The molecule has 1 N–H and O–H groups in total. The van der Waals surface area contributed by atoms with Crippen LogP contribution in [0.25, 0.3) is 0 Å². The third-order valence-corrected chi connectivity index (χ3v) is 3.14. The summed E-state index contributed by atoms with van der Waals surface area (Å²) in [5, 5.41) is 3.54. The third-order valence-electron chi connectivity index (χ3n) is 2.67. The van der Waals surface area contributed by atoms with Crippen molar-refractivity contribution in [3.63, 3.8) is 0 Å². The fourth-order valence-corrected chi connectivity index (χ4v) is 2.11. The van der Waals surface area contributed by atoms with Gasteiger partial charge < -0.3 is 5.32 Å². The molecule has 0 spiro atoms. The van der Waals surface area contributed by atoms with Gasteiger partial charge in [-0.2, -0.15) is 0 Å². The third kappa shape index (κ3) is 2.55.